The minimum Gasteiger partial charge on any atom is -0.496 e. The highest BCUT2D eigenvalue weighted by Crippen LogP contribution is 2.29. The largest absolute Gasteiger partial charge is 0.496 e. The van der Waals surface area contributed by atoms with Gasteiger partial charge in [0.05, 0.1) is 15.8 Å². The van der Waals surface area contributed by atoms with Gasteiger partial charge in [-0.05, 0) is 47.5 Å². The van der Waals surface area contributed by atoms with Crippen molar-refractivity contribution in [2.45, 2.75) is 20.4 Å². The molecule has 21 heavy (non-hydrogen) atoms. The standard InChI is InChI=1S/C16H18BrNO2S/c1-10-5-6-13(20-4)12(7-10)9-18(3)16(19)14-8-11(2)15(17)21-14/h5-8H,9H2,1-4H3. The van der Waals surface area contributed by atoms with Gasteiger partial charge in [-0.25, -0.2) is 0 Å². The Hall–Kier alpha value is -1.33. The van der Waals surface area contributed by atoms with Gasteiger partial charge in [-0.3, -0.25) is 4.79 Å². The van der Waals surface area contributed by atoms with Gasteiger partial charge in [0.1, 0.15) is 5.75 Å². The molecule has 112 valence electrons. The summed E-state index contributed by atoms with van der Waals surface area (Å²) in [6, 6.07) is 7.91. The fourth-order valence-corrected chi connectivity index (χ4v) is 3.64. The average molecular weight is 368 g/mol. The first-order valence-electron chi connectivity index (χ1n) is 6.57. The molecule has 5 heteroatoms. The number of hydrogen-bond acceptors (Lipinski definition) is 3. The van der Waals surface area contributed by atoms with Crippen LogP contribution in [-0.4, -0.2) is 25.0 Å². The summed E-state index contributed by atoms with van der Waals surface area (Å²) < 4.78 is 6.37. The van der Waals surface area contributed by atoms with Gasteiger partial charge in [-0.1, -0.05) is 17.7 Å². The van der Waals surface area contributed by atoms with Crippen molar-refractivity contribution in [3.8, 4) is 5.75 Å². The molecule has 0 aliphatic rings. The molecule has 0 saturated heterocycles. The van der Waals surface area contributed by atoms with E-state index in [1.807, 2.05) is 39.1 Å². The number of nitrogens with zero attached hydrogens (tertiary/aromatic N) is 1. The van der Waals surface area contributed by atoms with Crippen molar-refractivity contribution in [2.75, 3.05) is 14.2 Å². The van der Waals surface area contributed by atoms with Gasteiger partial charge in [0.25, 0.3) is 5.91 Å². The smallest absolute Gasteiger partial charge is 0.264 e. The molecule has 0 atom stereocenters. The average Bonchev–Trinajstić information content (AvgIpc) is 2.78. The van der Waals surface area contributed by atoms with Gasteiger partial charge in [0.2, 0.25) is 0 Å². The first-order valence-corrected chi connectivity index (χ1v) is 8.18. The molecule has 0 radical (unpaired) electrons. The quantitative estimate of drug-likeness (QED) is 0.800. The molecule has 1 amide bonds. The summed E-state index contributed by atoms with van der Waals surface area (Å²) in [5, 5.41) is 0. The summed E-state index contributed by atoms with van der Waals surface area (Å²) >= 11 is 4.93. The maximum absolute atomic E-state index is 12.5. The predicted molar refractivity (Wildman–Crippen MR) is 90.3 cm³/mol. The molecule has 1 aromatic heterocycles. The predicted octanol–water partition coefficient (Wildman–Crippen LogP) is 4.41. The van der Waals surface area contributed by atoms with E-state index in [1.165, 1.54) is 11.3 Å². The van der Waals surface area contributed by atoms with E-state index in [-0.39, 0.29) is 5.91 Å². The summed E-state index contributed by atoms with van der Waals surface area (Å²) in [5.74, 6) is 0.834. The SMILES string of the molecule is COc1ccc(C)cc1CN(C)C(=O)c1cc(C)c(Br)s1. The number of carbonyl (C=O) groups excluding carboxylic acids is 1. The van der Waals surface area contributed by atoms with E-state index < -0.39 is 0 Å². The van der Waals surface area contributed by atoms with E-state index in [1.54, 1.807) is 12.0 Å². The Labute approximate surface area is 137 Å². The Morgan fingerprint density at radius 3 is 2.62 bits per heavy atom. The molecular formula is C16H18BrNO2S. The number of hydrogen-bond donors (Lipinski definition) is 0. The minimum atomic E-state index is 0.0253. The lowest BCUT2D eigenvalue weighted by molar-refractivity contribution is 0.0789. The molecule has 0 fully saturated rings. The van der Waals surface area contributed by atoms with Crippen LogP contribution in [0.4, 0.5) is 0 Å². The summed E-state index contributed by atoms with van der Waals surface area (Å²) in [6.45, 7) is 4.55. The van der Waals surface area contributed by atoms with Crippen LogP contribution in [0.5, 0.6) is 5.75 Å². The number of halogens is 1. The number of methoxy groups -OCH3 is 1. The van der Waals surface area contributed by atoms with Crippen molar-refractivity contribution in [3.05, 3.63) is 49.6 Å². The molecule has 2 rings (SSSR count). The fraction of sp³-hybridized carbons (Fsp3) is 0.312. The van der Waals surface area contributed by atoms with Crippen molar-refractivity contribution >= 4 is 33.2 Å². The van der Waals surface area contributed by atoms with Crippen LogP contribution in [0.25, 0.3) is 0 Å². The van der Waals surface area contributed by atoms with E-state index in [0.717, 1.165) is 31.1 Å². The van der Waals surface area contributed by atoms with Crippen LogP contribution in [0.3, 0.4) is 0 Å². The number of aryl methyl sites for hydroxylation is 2. The Morgan fingerprint density at radius 1 is 1.33 bits per heavy atom. The van der Waals surface area contributed by atoms with Crippen molar-refractivity contribution in [2.24, 2.45) is 0 Å². The number of benzene rings is 1. The first-order chi connectivity index (χ1) is 9.92. The van der Waals surface area contributed by atoms with Gasteiger partial charge in [-0.2, -0.15) is 0 Å². The van der Waals surface area contributed by atoms with E-state index in [2.05, 4.69) is 22.0 Å². The third-order valence-electron chi connectivity index (χ3n) is 3.26. The zero-order chi connectivity index (χ0) is 15.6. The maximum Gasteiger partial charge on any atom is 0.264 e. The van der Waals surface area contributed by atoms with Crippen LogP contribution in [0, 0.1) is 13.8 Å². The molecule has 1 heterocycles. The molecule has 0 saturated carbocycles. The van der Waals surface area contributed by atoms with Crippen LogP contribution in [0.2, 0.25) is 0 Å². The molecule has 3 nitrogen and oxygen atoms in total. The molecule has 0 bridgehead atoms. The van der Waals surface area contributed by atoms with Gasteiger partial charge in [0.15, 0.2) is 0 Å². The molecule has 0 spiro atoms. The van der Waals surface area contributed by atoms with Crippen LogP contribution in [-0.2, 0) is 6.54 Å². The van der Waals surface area contributed by atoms with Gasteiger partial charge in [0, 0.05) is 19.2 Å². The molecule has 0 aliphatic heterocycles. The molecule has 1 aromatic carbocycles. The minimum absolute atomic E-state index is 0.0253. The summed E-state index contributed by atoms with van der Waals surface area (Å²) in [7, 11) is 3.46. The molecule has 0 N–H and O–H groups in total. The molecule has 0 aliphatic carbocycles. The Kier molecular flexibility index (Phi) is 5.06. The summed E-state index contributed by atoms with van der Waals surface area (Å²) in [4.78, 5) is 14.9. The fourth-order valence-electron chi connectivity index (χ4n) is 2.11. The molecular weight excluding hydrogens is 350 g/mol. The lowest BCUT2D eigenvalue weighted by Crippen LogP contribution is -2.25. The van der Waals surface area contributed by atoms with Crippen LogP contribution >= 0.6 is 27.3 Å². The van der Waals surface area contributed by atoms with Crippen LogP contribution in [0.15, 0.2) is 28.1 Å². The number of carbonyl (C=O) groups is 1. The van der Waals surface area contributed by atoms with E-state index in [9.17, 15) is 4.79 Å². The highest BCUT2D eigenvalue weighted by Gasteiger charge is 2.17. The van der Waals surface area contributed by atoms with E-state index >= 15 is 0 Å². The monoisotopic (exact) mass is 367 g/mol. The zero-order valence-electron chi connectivity index (χ0n) is 12.6. The second kappa shape index (κ2) is 6.62. The lowest BCUT2D eigenvalue weighted by Gasteiger charge is -2.18. The van der Waals surface area contributed by atoms with Crippen molar-refractivity contribution in [1.82, 2.24) is 4.90 Å². The highest BCUT2D eigenvalue weighted by atomic mass is 79.9. The number of ether oxygens (including phenoxy) is 1. The summed E-state index contributed by atoms with van der Waals surface area (Å²) in [6.07, 6.45) is 0. The first kappa shape index (κ1) is 16.0. The van der Waals surface area contributed by atoms with Crippen LogP contribution < -0.4 is 4.74 Å². The van der Waals surface area contributed by atoms with Crippen molar-refractivity contribution in [3.63, 3.8) is 0 Å². The second-order valence-electron chi connectivity index (χ2n) is 5.04. The zero-order valence-corrected chi connectivity index (χ0v) is 15.0. The number of thiophene rings is 1. The Bertz CT molecular complexity index is 647. The summed E-state index contributed by atoms with van der Waals surface area (Å²) in [5.41, 5.74) is 3.26. The van der Waals surface area contributed by atoms with E-state index in [4.69, 9.17) is 4.74 Å². The third kappa shape index (κ3) is 3.66. The van der Waals surface area contributed by atoms with E-state index in [0.29, 0.717) is 6.54 Å². The lowest BCUT2D eigenvalue weighted by atomic mass is 10.1. The third-order valence-corrected chi connectivity index (χ3v) is 5.38. The normalized spacial score (nSPS) is 10.5. The topological polar surface area (TPSA) is 29.5 Å². The number of rotatable bonds is 4. The number of amides is 1. The van der Waals surface area contributed by atoms with Crippen LogP contribution in [0.1, 0.15) is 26.4 Å². The Balaban J connectivity index is 2.19. The van der Waals surface area contributed by atoms with Gasteiger partial charge >= 0.3 is 0 Å². The second-order valence-corrected chi connectivity index (χ2v) is 7.41. The maximum atomic E-state index is 12.5. The Morgan fingerprint density at radius 2 is 2.05 bits per heavy atom. The van der Waals surface area contributed by atoms with Gasteiger partial charge in [-0.15, -0.1) is 11.3 Å². The van der Waals surface area contributed by atoms with Crippen molar-refractivity contribution in [1.29, 1.82) is 0 Å². The van der Waals surface area contributed by atoms with Crippen molar-refractivity contribution < 1.29 is 9.53 Å². The highest BCUT2D eigenvalue weighted by molar-refractivity contribution is 9.11. The molecule has 0 unspecified atom stereocenters. The molecule has 2 aromatic rings. The van der Waals surface area contributed by atoms with Gasteiger partial charge < -0.3 is 9.64 Å².